The second-order valence-corrected chi connectivity index (χ2v) is 6.57. The minimum atomic E-state index is 0.129. The second kappa shape index (κ2) is 5.41. The van der Waals surface area contributed by atoms with Crippen LogP contribution in [0.2, 0.25) is 0 Å². The Balaban J connectivity index is 2.52. The van der Waals surface area contributed by atoms with Crippen LogP contribution in [0.3, 0.4) is 0 Å². The number of hydrogen-bond acceptors (Lipinski definition) is 3. The SMILES string of the molecule is Cc1cc(N(C)C)c2cc(CC(C)(C)CN)ccc2n1. The highest BCUT2D eigenvalue weighted by Crippen LogP contribution is 2.28. The Morgan fingerprint density at radius 3 is 2.50 bits per heavy atom. The number of rotatable bonds is 4. The van der Waals surface area contributed by atoms with Crippen LogP contribution in [-0.4, -0.2) is 25.6 Å². The van der Waals surface area contributed by atoms with Crippen molar-refractivity contribution in [2.24, 2.45) is 11.1 Å². The van der Waals surface area contributed by atoms with Gasteiger partial charge in [0.25, 0.3) is 0 Å². The summed E-state index contributed by atoms with van der Waals surface area (Å²) in [6, 6.07) is 8.69. The molecule has 0 amide bonds. The van der Waals surface area contributed by atoms with E-state index in [1.807, 2.05) is 6.92 Å². The third-order valence-electron chi connectivity index (χ3n) is 3.70. The van der Waals surface area contributed by atoms with Crippen LogP contribution >= 0.6 is 0 Å². The molecule has 0 radical (unpaired) electrons. The number of pyridine rings is 1. The summed E-state index contributed by atoms with van der Waals surface area (Å²) in [7, 11) is 4.15. The molecule has 0 saturated carbocycles. The molecule has 20 heavy (non-hydrogen) atoms. The Hall–Kier alpha value is -1.61. The lowest BCUT2D eigenvalue weighted by Crippen LogP contribution is -2.25. The molecule has 0 aliphatic heterocycles. The number of aromatic nitrogens is 1. The Morgan fingerprint density at radius 2 is 1.90 bits per heavy atom. The number of benzene rings is 1. The molecule has 108 valence electrons. The van der Waals surface area contributed by atoms with Crippen molar-refractivity contribution in [3.8, 4) is 0 Å². The maximum absolute atomic E-state index is 5.84. The third-order valence-corrected chi connectivity index (χ3v) is 3.70. The standard InChI is InChI=1S/C17H25N3/c1-12-8-16(20(4)5)14-9-13(6-7-15(14)19-12)10-17(2,3)11-18/h6-9H,10-11,18H2,1-5H3. The highest BCUT2D eigenvalue weighted by molar-refractivity contribution is 5.92. The fraction of sp³-hybridized carbons (Fsp3) is 0.471. The maximum Gasteiger partial charge on any atom is 0.0726 e. The lowest BCUT2D eigenvalue weighted by Gasteiger charge is -2.23. The summed E-state index contributed by atoms with van der Waals surface area (Å²) in [5.74, 6) is 0. The van der Waals surface area contributed by atoms with Gasteiger partial charge < -0.3 is 10.6 Å². The van der Waals surface area contributed by atoms with Gasteiger partial charge in [0.15, 0.2) is 0 Å². The van der Waals surface area contributed by atoms with Crippen molar-refractivity contribution in [2.75, 3.05) is 25.5 Å². The molecule has 1 aromatic carbocycles. The summed E-state index contributed by atoms with van der Waals surface area (Å²) in [6.07, 6.45) is 0.986. The summed E-state index contributed by atoms with van der Waals surface area (Å²) in [6.45, 7) is 7.14. The molecule has 2 rings (SSSR count). The molecule has 0 unspecified atom stereocenters. The first-order chi connectivity index (χ1) is 9.32. The first-order valence-corrected chi connectivity index (χ1v) is 7.10. The van der Waals surface area contributed by atoms with Crippen molar-refractivity contribution in [3.63, 3.8) is 0 Å². The van der Waals surface area contributed by atoms with E-state index < -0.39 is 0 Å². The number of hydrogen-bond donors (Lipinski definition) is 1. The van der Waals surface area contributed by atoms with Crippen molar-refractivity contribution >= 4 is 16.6 Å². The summed E-state index contributed by atoms with van der Waals surface area (Å²) in [5.41, 5.74) is 10.6. The predicted octanol–water partition coefficient (Wildman–Crippen LogP) is 3.14. The van der Waals surface area contributed by atoms with Gasteiger partial charge in [0.05, 0.1) is 5.52 Å². The van der Waals surface area contributed by atoms with Gasteiger partial charge in [-0.2, -0.15) is 0 Å². The topological polar surface area (TPSA) is 42.1 Å². The van der Waals surface area contributed by atoms with Gasteiger partial charge in [-0.05, 0) is 49.1 Å². The van der Waals surface area contributed by atoms with Crippen LogP contribution in [-0.2, 0) is 6.42 Å². The molecule has 2 N–H and O–H groups in total. The van der Waals surface area contributed by atoms with Crippen molar-refractivity contribution in [2.45, 2.75) is 27.2 Å². The van der Waals surface area contributed by atoms with Gasteiger partial charge in [-0.1, -0.05) is 19.9 Å². The van der Waals surface area contributed by atoms with Gasteiger partial charge in [-0.3, -0.25) is 4.98 Å². The number of nitrogens with two attached hydrogens (primary N) is 1. The van der Waals surface area contributed by atoms with Crippen LogP contribution in [0.5, 0.6) is 0 Å². The molecular weight excluding hydrogens is 246 g/mol. The predicted molar refractivity (Wildman–Crippen MR) is 87.3 cm³/mol. The van der Waals surface area contributed by atoms with Crippen molar-refractivity contribution in [1.29, 1.82) is 0 Å². The van der Waals surface area contributed by atoms with Gasteiger partial charge in [-0.25, -0.2) is 0 Å². The molecular formula is C17H25N3. The molecule has 0 saturated heterocycles. The normalized spacial score (nSPS) is 11.9. The van der Waals surface area contributed by atoms with Gasteiger partial charge in [0.1, 0.15) is 0 Å². The summed E-state index contributed by atoms with van der Waals surface area (Å²) < 4.78 is 0. The fourth-order valence-electron chi connectivity index (χ4n) is 2.49. The Bertz CT molecular complexity index is 615. The van der Waals surface area contributed by atoms with Crippen LogP contribution in [0.1, 0.15) is 25.1 Å². The van der Waals surface area contributed by atoms with E-state index >= 15 is 0 Å². The second-order valence-electron chi connectivity index (χ2n) is 6.57. The van der Waals surface area contributed by atoms with Gasteiger partial charge in [0, 0.05) is 30.9 Å². The number of fused-ring (bicyclic) bond motifs is 1. The lowest BCUT2D eigenvalue weighted by atomic mass is 9.85. The summed E-state index contributed by atoms with van der Waals surface area (Å²) >= 11 is 0. The molecule has 0 aliphatic carbocycles. The molecule has 3 nitrogen and oxygen atoms in total. The van der Waals surface area contributed by atoms with E-state index in [0.29, 0.717) is 6.54 Å². The molecule has 0 bridgehead atoms. The summed E-state index contributed by atoms with van der Waals surface area (Å²) in [5, 5.41) is 1.21. The zero-order chi connectivity index (χ0) is 14.9. The van der Waals surface area contributed by atoms with E-state index in [-0.39, 0.29) is 5.41 Å². The minimum absolute atomic E-state index is 0.129. The van der Waals surface area contributed by atoms with Gasteiger partial charge in [-0.15, -0.1) is 0 Å². The zero-order valence-electron chi connectivity index (χ0n) is 13.2. The molecule has 0 aliphatic rings. The first kappa shape index (κ1) is 14.8. The van der Waals surface area contributed by atoms with Crippen LogP contribution in [0.15, 0.2) is 24.3 Å². The number of nitrogens with zero attached hydrogens (tertiary/aromatic N) is 2. The van der Waals surface area contributed by atoms with Gasteiger partial charge >= 0.3 is 0 Å². The van der Waals surface area contributed by atoms with Crippen LogP contribution in [0.4, 0.5) is 5.69 Å². The first-order valence-electron chi connectivity index (χ1n) is 7.10. The lowest BCUT2D eigenvalue weighted by molar-refractivity contribution is 0.377. The average molecular weight is 271 g/mol. The molecule has 0 fully saturated rings. The van der Waals surface area contributed by atoms with E-state index in [0.717, 1.165) is 17.6 Å². The summed E-state index contributed by atoms with van der Waals surface area (Å²) in [4.78, 5) is 6.77. The minimum Gasteiger partial charge on any atom is -0.377 e. The quantitative estimate of drug-likeness (QED) is 0.929. The zero-order valence-corrected chi connectivity index (χ0v) is 13.2. The highest BCUT2D eigenvalue weighted by Gasteiger charge is 2.17. The smallest absolute Gasteiger partial charge is 0.0726 e. The van der Waals surface area contributed by atoms with Crippen LogP contribution in [0.25, 0.3) is 10.9 Å². The average Bonchev–Trinajstić information content (AvgIpc) is 2.37. The Morgan fingerprint density at radius 1 is 1.20 bits per heavy atom. The molecule has 3 heteroatoms. The van der Waals surface area contributed by atoms with E-state index in [1.165, 1.54) is 16.6 Å². The molecule has 0 atom stereocenters. The fourth-order valence-corrected chi connectivity index (χ4v) is 2.49. The van der Waals surface area contributed by atoms with E-state index in [9.17, 15) is 0 Å². The highest BCUT2D eigenvalue weighted by atomic mass is 15.1. The molecule has 1 aromatic heterocycles. The number of anilines is 1. The molecule has 1 heterocycles. The van der Waals surface area contributed by atoms with Crippen LogP contribution < -0.4 is 10.6 Å². The third kappa shape index (κ3) is 3.10. The van der Waals surface area contributed by atoms with Gasteiger partial charge in [0.2, 0.25) is 0 Å². The van der Waals surface area contributed by atoms with Crippen molar-refractivity contribution in [1.82, 2.24) is 4.98 Å². The molecule has 2 aromatic rings. The van der Waals surface area contributed by atoms with E-state index in [1.54, 1.807) is 0 Å². The maximum atomic E-state index is 5.84. The monoisotopic (exact) mass is 271 g/mol. The largest absolute Gasteiger partial charge is 0.377 e. The Kier molecular flexibility index (Phi) is 4.00. The van der Waals surface area contributed by atoms with E-state index in [4.69, 9.17) is 5.73 Å². The number of aryl methyl sites for hydroxylation is 1. The molecule has 0 spiro atoms. The van der Waals surface area contributed by atoms with E-state index in [2.05, 4.69) is 62.1 Å². The van der Waals surface area contributed by atoms with Crippen molar-refractivity contribution < 1.29 is 0 Å². The Labute approximate surface area is 121 Å². The van der Waals surface area contributed by atoms with Crippen molar-refractivity contribution in [3.05, 3.63) is 35.5 Å². The van der Waals surface area contributed by atoms with Crippen LogP contribution in [0, 0.1) is 12.3 Å².